The molecular formula is C19H21NO2. The number of rotatable bonds is 0. The van der Waals surface area contributed by atoms with Crippen molar-refractivity contribution in [1.82, 2.24) is 4.57 Å². The first-order valence-electron chi connectivity index (χ1n) is 7.57. The molecule has 0 atom stereocenters. The molecule has 0 radical (unpaired) electrons. The molecule has 1 aromatic carbocycles. The van der Waals surface area contributed by atoms with Crippen molar-refractivity contribution >= 4 is 11.7 Å². The van der Waals surface area contributed by atoms with Crippen molar-refractivity contribution in [3.05, 3.63) is 53.7 Å². The molecule has 114 valence electrons. The molecule has 1 aromatic heterocycles. The molecule has 2 aromatic rings. The highest BCUT2D eigenvalue weighted by atomic mass is 16.6. The van der Waals surface area contributed by atoms with E-state index in [1.165, 1.54) is 11.1 Å². The van der Waals surface area contributed by atoms with Gasteiger partial charge in [-0.05, 0) is 51.3 Å². The Kier molecular flexibility index (Phi) is 3.44. The standard InChI is InChI=1S/C19H21NO2/c1-13-9-10-14-7-5-6-8-16(14)17-15(13)11-12-20(17)18(21)22-19(2,3)4/h5-9,11-12H,10H2,1-4H3. The van der Waals surface area contributed by atoms with Gasteiger partial charge < -0.3 is 4.74 Å². The summed E-state index contributed by atoms with van der Waals surface area (Å²) in [5, 5.41) is 0. The van der Waals surface area contributed by atoms with Crippen LogP contribution >= 0.6 is 0 Å². The van der Waals surface area contributed by atoms with Gasteiger partial charge in [0.2, 0.25) is 0 Å². The van der Waals surface area contributed by atoms with E-state index in [0.29, 0.717) is 0 Å². The van der Waals surface area contributed by atoms with Gasteiger partial charge in [0.05, 0.1) is 5.69 Å². The van der Waals surface area contributed by atoms with Crippen LogP contribution in [-0.4, -0.2) is 16.3 Å². The summed E-state index contributed by atoms with van der Waals surface area (Å²) in [4.78, 5) is 12.5. The quantitative estimate of drug-likeness (QED) is 0.692. The maximum atomic E-state index is 12.5. The summed E-state index contributed by atoms with van der Waals surface area (Å²) in [5.74, 6) is 0. The van der Waals surface area contributed by atoms with E-state index in [1.807, 2.05) is 39.0 Å². The maximum Gasteiger partial charge on any atom is 0.419 e. The molecule has 3 rings (SSSR count). The van der Waals surface area contributed by atoms with Crippen molar-refractivity contribution in [3.63, 3.8) is 0 Å². The molecule has 0 saturated carbocycles. The fraction of sp³-hybridized carbons (Fsp3) is 0.316. The third kappa shape index (κ3) is 2.59. The Bertz CT molecular complexity index is 760. The lowest BCUT2D eigenvalue weighted by Gasteiger charge is -2.21. The van der Waals surface area contributed by atoms with E-state index < -0.39 is 5.60 Å². The molecule has 0 unspecified atom stereocenters. The smallest absolute Gasteiger partial charge is 0.419 e. The minimum atomic E-state index is -0.511. The van der Waals surface area contributed by atoms with Crippen LogP contribution in [0.2, 0.25) is 0 Å². The number of aromatic nitrogens is 1. The molecule has 1 aliphatic rings. The SMILES string of the molecule is CC1=CCc2ccccc2-c2c1ccn2C(=O)OC(C)(C)C. The van der Waals surface area contributed by atoms with Gasteiger partial charge in [-0.15, -0.1) is 0 Å². The second-order valence-corrected chi connectivity index (χ2v) is 6.68. The Morgan fingerprint density at radius 2 is 1.86 bits per heavy atom. The zero-order chi connectivity index (χ0) is 15.9. The van der Waals surface area contributed by atoms with Gasteiger partial charge in [0.25, 0.3) is 0 Å². The molecule has 0 amide bonds. The number of hydrogen-bond acceptors (Lipinski definition) is 2. The third-order valence-electron chi connectivity index (χ3n) is 3.80. The van der Waals surface area contributed by atoms with Crippen LogP contribution in [0.4, 0.5) is 4.79 Å². The van der Waals surface area contributed by atoms with Crippen molar-refractivity contribution in [3.8, 4) is 11.3 Å². The van der Waals surface area contributed by atoms with Gasteiger partial charge in [-0.1, -0.05) is 30.3 Å². The molecule has 22 heavy (non-hydrogen) atoms. The van der Waals surface area contributed by atoms with E-state index in [-0.39, 0.29) is 6.09 Å². The lowest BCUT2D eigenvalue weighted by molar-refractivity contribution is 0.0540. The predicted octanol–water partition coefficient (Wildman–Crippen LogP) is 4.90. The van der Waals surface area contributed by atoms with Crippen molar-refractivity contribution in [2.24, 2.45) is 0 Å². The fourth-order valence-electron chi connectivity index (χ4n) is 2.79. The van der Waals surface area contributed by atoms with Crippen molar-refractivity contribution in [2.45, 2.75) is 39.7 Å². The number of nitrogens with zero attached hydrogens (tertiary/aromatic N) is 1. The van der Waals surface area contributed by atoms with E-state index in [1.54, 1.807) is 10.8 Å². The van der Waals surface area contributed by atoms with Gasteiger partial charge in [0.1, 0.15) is 5.60 Å². The van der Waals surface area contributed by atoms with Crippen LogP contribution in [0.5, 0.6) is 0 Å². The highest BCUT2D eigenvalue weighted by Crippen LogP contribution is 2.36. The minimum absolute atomic E-state index is 0.335. The van der Waals surface area contributed by atoms with Crippen LogP contribution in [0.3, 0.4) is 0 Å². The Labute approximate surface area is 131 Å². The Morgan fingerprint density at radius 3 is 2.59 bits per heavy atom. The van der Waals surface area contributed by atoms with Crippen LogP contribution in [0.25, 0.3) is 16.8 Å². The number of ether oxygens (including phenoxy) is 1. The topological polar surface area (TPSA) is 31.2 Å². The molecule has 0 bridgehead atoms. The Morgan fingerprint density at radius 1 is 1.14 bits per heavy atom. The number of carbonyl (C=O) groups excluding carboxylic acids is 1. The summed E-state index contributed by atoms with van der Waals surface area (Å²) < 4.78 is 7.17. The van der Waals surface area contributed by atoms with E-state index in [4.69, 9.17) is 4.74 Å². The molecule has 0 fully saturated rings. The molecule has 0 saturated heterocycles. The van der Waals surface area contributed by atoms with Gasteiger partial charge in [0.15, 0.2) is 0 Å². The first-order valence-corrected chi connectivity index (χ1v) is 7.57. The first-order chi connectivity index (χ1) is 10.4. The molecule has 0 N–H and O–H groups in total. The van der Waals surface area contributed by atoms with Gasteiger partial charge in [-0.3, -0.25) is 4.57 Å². The van der Waals surface area contributed by atoms with Gasteiger partial charge in [-0.2, -0.15) is 0 Å². The van der Waals surface area contributed by atoms with Crippen LogP contribution < -0.4 is 0 Å². The normalized spacial score (nSPS) is 13.7. The molecule has 3 heteroatoms. The zero-order valence-corrected chi connectivity index (χ0v) is 13.5. The van der Waals surface area contributed by atoms with Crippen LogP contribution in [0, 0.1) is 0 Å². The number of allylic oxidation sites excluding steroid dienone is 2. The molecule has 0 aliphatic heterocycles. The van der Waals surface area contributed by atoms with Crippen molar-refractivity contribution in [2.75, 3.05) is 0 Å². The molecule has 1 aliphatic carbocycles. The van der Waals surface area contributed by atoms with Gasteiger partial charge in [-0.25, -0.2) is 4.79 Å². The Balaban J connectivity index is 2.16. The van der Waals surface area contributed by atoms with E-state index in [0.717, 1.165) is 23.2 Å². The second-order valence-electron chi connectivity index (χ2n) is 6.68. The lowest BCUT2D eigenvalue weighted by Crippen LogP contribution is -2.27. The number of fused-ring (bicyclic) bond motifs is 3. The highest BCUT2D eigenvalue weighted by molar-refractivity contribution is 5.88. The first kappa shape index (κ1) is 14.6. The average molecular weight is 295 g/mol. The van der Waals surface area contributed by atoms with E-state index in [9.17, 15) is 4.79 Å². The number of benzene rings is 1. The van der Waals surface area contributed by atoms with Gasteiger partial charge >= 0.3 is 6.09 Å². The predicted molar refractivity (Wildman–Crippen MR) is 88.9 cm³/mol. The largest absolute Gasteiger partial charge is 0.443 e. The van der Waals surface area contributed by atoms with Crippen LogP contribution in [0.15, 0.2) is 42.6 Å². The number of hydrogen-bond donors (Lipinski definition) is 0. The van der Waals surface area contributed by atoms with Crippen molar-refractivity contribution in [1.29, 1.82) is 0 Å². The summed E-state index contributed by atoms with van der Waals surface area (Å²) in [7, 11) is 0. The van der Waals surface area contributed by atoms with E-state index >= 15 is 0 Å². The molecule has 1 heterocycles. The highest BCUT2D eigenvalue weighted by Gasteiger charge is 2.24. The third-order valence-corrected chi connectivity index (χ3v) is 3.80. The molecule has 0 spiro atoms. The monoisotopic (exact) mass is 295 g/mol. The van der Waals surface area contributed by atoms with E-state index in [2.05, 4.69) is 25.1 Å². The van der Waals surface area contributed by atoms with Crippen molar-refractivity contribution < 1.29 is 9.53 Å². The maximum absolute atomic E-state index is 12.5. The second kappa shape index (κ2) is 5.16. The number of carbonyl (C=O) groups is 1. The summed E-state index contributed by atoms with van der Waals surface area (Å²) in [6, 6.07) is 10.2. The minimum Gasteiger partial charge on any atom is -0.443 e. The summed E-state index contributed by atoms with van der Waals surface area (Å²) in [5.41, 5.74) is 5.02. The Hall–Kier alpha value is -2.29. The van der Waals surface area contributed by atoms with Crippen LogP contribution in [-0.2, 0) is 11.2 Å². The summed E-state index contributed by atoms with van der Waals surface area (Å²) >= 11 is 0. The summed E-state index contributed by atoms with van der Waals surface area (Å²) in [6.07, 6.45) is 4.56. The summed E-state index contributed by atoms with van der Waals surface area (Å²) in [6.45, 7) is 7.73. The molecule has 3 nitrogen and oxygen atoms in total. The fourth-order valence-corrected chi connectivity index (χ4v) is 2.79. The van der Waals surface area contributed by atoms with Crippen LogP contribution in [0.1, 0.15) is 38.8 Å². The lowest BCUT2D eigenvalue weighted by atomic mass is 10.0. The molecular weight excluding hydrogens is 274 g/mol. The van der Waals surface area contributed by atoms with Gasteiger partial charge in [0, 0.05) is 17.3 Å². The zero-order valence-electron chi connectivity index (χ0n) is 13.5. The average Bonchev–Trinajstić information content (AvgIpc) is 2.82.